The van der Waals surface area contributed by atoms with Crippen molar-refractivity contribution in [2.24, 2.45) is 5.10 Å². The summed E-state index contributed by atoms with van der Waals surface area (Å²) < 4.78 is 0. The number of anilines is 1. The molecule has 3 nitrogen and oxygen atoms in total. The molecule has 0 fully saturated rings. The summed E-state index contributed by atoms with van der Waals surface area (Å²) >= 11 is 0. The Hall–Kier alpha value is -3.98. The van der Waals surface area contributed by atoms with E-state index in [1.165, 1.54) is 11.1 Å². The second-order valence-electron chi connectivity index (χ2n) is 7.27. The third-order valence-corrected chi connectivity index (χ3v) is 5.31. The summed E-state index contributed by atoms with van der Waals surface area (Å²) in [7, 11) is 0. The maximum absolute atomic E-state index is 4.83. The van der Waals surface area contributed by atoms with E-state index in [0.717, 1.165) is 38.8 Å². The lowest BCUT2D eigenvalue weighted by atomic mass is 9.96. The van der Waals surface area contributed by atoms with Gasteiger partial charge in [-0.1, -0.05) is 78.9 Å². The molecule has 5 rings (SSSR count). The summed E-state index contributed by atoms with van der Waals surface area (Å²) in [6.45, 7) is 2.01. The number of nitrogens with one attached hydrogen (secondary N) is 1. The molecule has 0 saturated heterocycles. The highest BCUT2D eigenvalue weighted by Gasteiger charge is 2.10. The standard InChI is InChI=1S/C27H21N3/c1-19(20-9-3-2-4-10-20)29-30-22-17-15-21(16-18-22)27-23-11-5-7-13-25(23)28-26-14-8-6-12-24(26)27/h2-18,30H,1H3. The van der Waals surface area contributed by atoms with E-state index in [2.05, 4.69) is 83.3 Å². The van der Waals surface area contributed by atoms with Crippen molar-refractivity contribution in [1.82, 2.24) is 4.98 Å². The molecule has 0 unspecified atom stereocenters. The summed E-state index contributed by atoms with van der Waals surface area (Å²) in [5, 5.41) is 6.85. The van der Waals surface area contributed by atoms with Crippen molar-refractivity contribution in [3.05, 3.63) is 109 Å². The van der Waals surface area contributed by atoms with Crippen LogP contribution in [0, 0.1) is 0 Å². The molecular formula is C27H21N3. The molecule has 0 amide bonds. The Balaban J connectivity index is 1.52. The maximum Gasteiger partial charge on any atom is 0.0715 e. The fourth-order valence-corrected chi connectivity index (χ4v) is 3.75. The van der Waals surface area contributed by atoms with Crippen molar-refractivity contribution in [1.29, 1.82) is 0 Å². The Morgan fingerprint density at radius 2 is 1.23 bits per heavy atom. The van der Waals surface area contributed by atoms with Crippen LogP contribution in [-0.4, -0.2) is 10.7 Å². The minimum absolute atomic E-state index is 0.950. The monoisotopic (exact) mass is 387 g/mol. The summed E-state index contributed by atoms with van der Waals surface area (Å²) in [6.07, 6.45) is 0. The number of aromatic nitrogens is 1. The van der Waals surface area contributed by atoms with E-state index in [9.17, 15) is 0 Å². The number of hydrogen-bond donors (Lipinski definition) is 1. The van der Waals surface area contributed by atoms with Crippen LogP contribution < -0.4 is 5.43 Å². The molecule has 144 valence electrons. The summed E-state index contributed by atoms with van der Waals surface area (Å²) in [4.78, 5) is 4.83. The van der Waals surface area contributed by atoms with Gasteiger partial charge in [0.2, 0.25) is 0 Å². The number of nitrogens with zero attached hydrogens (tertiary/aromatic N) is 2. The van der Waals surface area contributed by atoms with Gasteiger partial charge in [-0.25, -0.2) is 4.98 Å². The molecule has 1 heterocycles. The number of rotatable bonds is 4. The molecule has 0 saturated carbocycles. The van der Waals surface area contributed by atoms with Crippen LogP contribution in [0.1, 0.15) is 12.5 Å². The highest BCUT2D eigenvalue weighted by atomic mass is 15.3. The Bertz CT molecular complexity index is 1300. The van der Waals surface area contributed by atoms with Crippen LogP contribution in [0.4, 0.5) is 5.69 Å². The summed E-state index contributed by atoms with van der Waals surface area (Å²) in [5.41, 5.74) is 10.6. The minimum atomic E-state index is 0.950. The van der Waals surface area contributed by atoms with Gasteiger partial charge in [-0.15, -0.1) is 0 Å². The predicted molar refractivity (Wildman–Crippen MR) is 127 cm³/mol. The van der Waals surface area contributed by atoms with Crippen molar-refractivity contribution in [3.8, 4) is 11.1 Å². The van der Waals surface area contributed by atoms with E-state index < -0.39 is 0 Å². The van der Waals surface area contributed by atoms with Crippen LogP contribution in [0.5, 0.6) is 0 Å². The molecule has 0 atom stereocenters. The Morgan fingerprint density at radius 3 is 1.87 bits per heavy atom. The molecule has 1 aromatic heterocycles. The van der Waals surface area contributed by atoms with E-state index in [1.54, 1.807) is 0 Å². The largest absolute Gasteiger partial charge is 0.278 e. The van der Waals surface area contributed by atoms with E-state index in [-0.39, 0.29) is 0 Å². The summed E-state index contributed by atoms with van der Waals surface area (Å²) in [6, 6.07) is 35.2. The van der Waals surface area contributed by atoms with Gasteiger partial charge in [0.05, 0.1) is 22.4 Å². The first-order valence-corrected chi connectivity index (χ1v) is 10.0. The third kappa shape index (κ3) is 3.42. The number of benzene rings is 4. The van der Waals surface area contributed by atoms with Gasteiger partial charge in [0.1, 0.15) is 0 Å². The molecule has 0 aliphatic heterocycles. The molecule has 0 bridgehead atoms. The zero-order chi connectivity index (χ0) is 20.3. The average molecular weight is 387 g/mol. The maximum atomic E-state index is 4.83. The molecule has 4 aromatic carbocycles. The fourth-order valence-electron chi connectivity index (χ4n) is 3.75. The van der Waals surface area contributed by atoms with Gasteiger partial charge >= 0.3 is 0 Å². The number of para-hydroxylation sites is 2. The number of fused-ring (bicyclic) bond motifs is 2. The van der Waals surface area contributed by atoms with E-state index in [0.29, 0.717) is 0 Å². The SMILES string of the molecule is CC(=NNc1ccc(-c2c3ccccc3nc3ccccc23)cc1)c1ccccc1. The van der Waals surface area contributed by atoms with Crippen LogP contribution in [0.15, 0.2) is 108 Å². The molecule has 0 spiro atoms. The highest BCUT2D eigenvalue weighted by molar-refractivity contribution is 6.09. The molecule has 3 heteroatoms. The lowest BCUT2D eigenvalue weighted by Gasteiger charge is -2.12. The van der Waals surface area contributed by atoms with Crippen LogP contribution >= 0.6 is 0 Å². The Morgan fingerprint density at radius 1 is 0.667 bits per heavy atom. The molecule has 0 aliphatic rings. The number of hydrazone groups is 1. The summed E-state index contributed by atoms with van der Waals surface area (Å²) in [5.74, 6) is 0. The van der Waals surface area contributed by atoms with Gasteiger partial charge in [0, 0.05) is 16.3 Å². The van der Waals surface area contributed by atoms with Crippen LogP contribution in [0.25, 0.3) is 32.9 Å². The minimum Gasteiger partial charge on any atom is -0.278 e. The smallest absolute Gasteiger partial charge is 0.0715 e. The molecule has 30 heavy (non-hydrogen) atoms. The van der Waals surface area contributed by atoms with Gasteiger partial charge in [-0.05, 0) is 42.3 Å². The molecular weight excluding hydrogens is 366 g/mol. The number of pyridine rings is 1. The van der Waals surface area contributed by atoms with Gasteiger partial charge in [-0.3, -0.25) is 5.43 Å². The zero-order valence-electron chi connectivity index (χ0n) is 16.7. The van der Waals surface area contributed by atoms with Gasteiger partial charge in [0.25, 0.3) is 0 Å². The Labute approximate surface area is 175 Å². The quantitative estimate of drug-likeness (QED) is 0.207. The second kappa shape index (κ2) is 7.80. The topological polar surface area (TPSA) is 37.3 Å². The van der Waals surface area contributed by atoms with Crippen LogP contribution in [0.2, 0.25) is 0 Å². The lowest BCUT2D eigenvalue weighted by Crippen LogP contribution is -1.99. The fraction of sp³-hybridized carbons (Fsp3) is 0.0370. The molecule has 0 radical (unpaired) electrons. The first kappa shape index (κ1) is 18.1. The molecule has 0 aliphatic carbocycles. The van der Waals surface area contributed by atoms with Crippen LogP contribution in [0.3, 0.4) is 0 Å². The van der Waals surface area contributed by atoms with E-state index >= 15 is 0 Å². The van der Waals surface area contributed by atoms with Gasteiger partial charge < -0.3 is 0 Å². The zero-order valence-corrected chi connectivity index (χ0v) is 16.7. The van der Waals surface area contributed by atoms with Crippen LogP contribution in [-0.2, 0) is 0 Å². The average Bonchev–Trinajstić information content (AvgIpc) is 2.82. The van der Waals surface area contributed by atoms with Crippen molar-refractivity contribution < 1.29 is 0 Å². The lowest BCUT2D eigenvalue weighted by molar-refractivity contribution is 1.32. The molecule has 5 aromatic rings. The van der Waals surface area contributed by atoms with Crippen molar-refractivity contribution in [2.75, 3.05) is 5.43 Å². The second-order valence-corrected chi connectivity index (χ2v) is 7.27. The normalized spacial score (nSPS) is 11.7. The van der Waals surface area contributed by atoms with Crippen molar-refractivity contribution in [3.63, 3.8) is 0 Å². The van der Waals surface area contributed by atoms with E-state index in [1.807, 2.05) is 37.3 Å². The first-order chi connectivity index (χ1) is 14.8. The van der Waals surface area contributed by atoms with Gasteiger partial charge in [-0.2, -0.15) is 5.10 Å². The first-order valence-electron chi connectivity index (χ1n) is 10.0. The third-order valence-electron chi connectivity index (χ3n) is 5.31. The predicted octanol–water partition coefficient (Wildman–Crippen LogP) is 6.89. The van der Waals surface area contributed by atoms with Gasteiger partial charge in [0.15, 0.2) is 0 Å². The van der Waals surface area contributed by atoms with E-state index in [4.69, 9.17) is 4.98 Å². The van der Waals surface area contributed by atoms with Crippen molar-refractivity contribution in [2.45, 2.75) is 6.92 Å². The molecule has 1 N–H and O–H groups in total. The highest BCUT2D eigenvalue weighted by Crippen LogP contribution is 2.35. The van der Waals surface area contributed by atoms with Crippen molar-refractivity contribution >= 4 is 33.2 Å². The number of hydrogen-bond acceptors (Lipinski definition) is 3. The Kier molecular flexibility index (Phi) is 4.70.